The van der Waals surface area contributed by atoms with E-state index in [4.69, 9.17) is 0 Å². The maximum Gasteiger partial charge on any atom is -0.0162 e. The molecule has 1 aromatic carbocycles. The van der Waals surface area contributed by atoms with Gasteiger partial charge in [-0.1, -0.05) is 39.0 Å². The third-order valence-electron chi connectivity index (χ3n) is 5.40. The smallest absolute Gasteiger partial charge is 0.0162 e. The molecule has 1 aromatic rings. The van der Waals surface area contributed by atoms with Gasteiger partial charge in [-0.15, -0.1) is 0 Å². The summed E-state index contributed by atoms with van der Waals surface area (Å²) in [5.74, 6) is 3.62. The molecule has 4 atom stereocenters. The average Bonchev–Trinajstić information content (AvgIpc) is 2.37. The molecule has 0 nitrogen and oxygen atoms in total. The molecule has 1 saturated carbocycles. The molecule has 0 radical (unpaired) electrons. The van der Waals surface area contributed by atoms with Crippen molar-refractivity contribution in [2.45, 2.75) is 59.8 Å². The van der Waals surface area contributed by atoms with Crippen LogP contribution in [0, 0.1) is 31.6 Å². The van der Waals surface area contributed by atoms with E-state index in [1.807, 2.05) is 0 Å². The van der Waals surface area contributed by atoms with Crippen LogP contribution in [-0.4, -0.2) is 0 Å². The highest BCUT2D eigenvalue weighted by Gasteiger charge is 2.35. The fourth-order valence-electron chi connectivity index (χ4n) is 3.41. The number of benzene rings is 1. The van der Waals surface area contributed by atoms with Crippen molar-refractivity contribution in [3.63, 3.8) is 0 Å². The largest absolute Gasteiger partial charge is 0.0648 e. The van der Waals surface area contributed by atoms with Crippen molar-refractivity contribution < 1.29 is 0 Å². The van der Waals surface area contributed by atoms with E-state index in [0.29, 0.717) is 0 Å². The van der Waals surface area contributed by atoms with Crippen LogP contribution >= 0.6 is 0 Å². The topological polar surface area (TPSA) is 0 Å². The number of rotatable bonds is 4. The van der Waals surface area contributed by atoms with Gasteiger partial charge in [-0.25, -0.2) is 0 Å². The minimum Gasteiger partial charge on any atom is -0.0648 e. The van der Waals surface area contributed by atoms with Crippen LogP contribution in [0.25, 0.3) is 0 Å². The second kappa shape index (κ2) is 5.47. The van der Waals surface area contributed by atoms with Crippen LogP contribution in [-0.2, 0) is 0 Å². The van der Waals surface area contributed by atoms with Crippen LogP contribution in [0.5, 0.6) is 0 Å². The molecule has 0 heterocycles. The fourth-order valence-corrected chi connectivity index (χ4v) is 3.41. The number of hydrogen-bond acceptors (Lipinski definition) is 0. The Kier molecular flexibility index (Phi) is 4.14. The summed E-state index contributed by atoms with van der Waals surface area (Å²) in [4.78, 5) is 0. The minimum absolute atomic E-state index is 0.768. The maximum atomic E-state index is 2.44. The Morgan fingerprint density at radius 3 is 2.39 bits per heavy atom. The van der Waals surface area contributed by atoms with Crippen molar-refractivity contribution in [3.8, 4) is 0 Å². The molecular weight excluding hydrogens is 216 g/mol. The first-order valence-corrected chi connectivity index (χ1v) is 7.60. The van der Waals surface area contributed by atoms with Gasteiger partial charge in [-0.3, -0.25) is 0 Å². The Morgan fingerprint density at radius 1 is 1.17 bits per heavy atom. The highest BCUT2D eigenvalue weighted by atomic mass is 14.4. The fraction of sp³-hybridized carbons (Fsp3) is 0.667. The summed E-state index contributed by atoms with van der Waals surface area (Å²) in [5, 5.41) is 0. The monoisotopic (exact) mass is 244 g/mol. The van der Waals surface area contributed by atoms with E-state index >= 15 is 0 Å². The van der Waals surface area contributed by atoms with Gasteiger partial charge in [0.25, 0.3) is 0 Å². The molecule has 4 unspecified atom stereocenters. The van der Waals surface area contributed by atoms with Gasteiger partial charge in [0.2, 0.25) is 0 Å². The Balaban J connectivity index is 2.06. The molecule has 0 aromatic heterocycles. The molecular formula is C18H28. The van der Waals surface area contributed by atoms with Gasteiger partial charge < -0.3 is 0 Å². The molecule has 1 fully saturated rings. The molecule has 1 aliphatic carbocycles. The number of hydrogen-bond donors (Lipinski definition) is 0. The lowest BCUT2D eigenvalue weighted by Crippen LogP contribution is -2.33. The summed E-state index contributed by atoms with van der Waals surface area (Å²) >= 11 is 0. The summed E-state index contributed by atoms with van der Waals surface area (Å²) in [6, 6.07) is 7.06. The Hall–Kier alpha value is -0.780. The van der Waals surface area contributed by atoms with Gasteiger partial charge in [0.15, 0.2) is 0 Å². The second-order valence-corrected chi connectivity index (χ2v) is 6.52. The molecule has 100 valence electrons. The summed E-state index contributed by atoms with van der Waals surface area (Å²) in [6.45, 7) is 11.6. The van der Waals surface area contributed by atoms with Crippen LogP contribution in [0.1, 0.15) is 62.6 Å². The maximum absolute atomic E-state index is 2.44. The Bertz CT molecular complexity index is 404. The zero-order valence-corrected chi connectivity index (χ0v) is 12.7. The number of aryl methyl sites for hydroxylation is 2. The quantitative estimate of drug-likeness (QED) is 0.658. The van der Waals surface area contributed by atoms with Crippen molar-refractivity contribution in [1.82, 2.24) is 0 Å². The summed E-state index contributed by atoms with van der Waals surface area (Å²) in [5.41, 5.74) is 4.42. The van der Waals surface area contributed by atoms with Gasteiger partial charge in [-0.05, 0) is 73.5 Å². The van der Waals surface area contributed by atoms with E-state index in [-0.39, 0.29) is 0 Å². The lowest BCUT2D eigenvalue weighted by atomic mass is 9.63. The first kappa shape index (κ1) is 13.6. The normalized spacial score (nSPS) is 28.8. The van der Waals surface area contributed by atoms with Gasteiger partial charge in [0.05, 0.1) is 0 Å². The molecule has 0 N–H and O–H groups in total. The van der Waals surface area contributed by atoms with Crippen molar-refractivity contribution in [3.05, 3.63) is 34.9 Å². The average molecular weight is 244 g/mol. The van der Waals surface area contributed by atoms with E-state index in [1.54, 1.807) is 5.56 Å². The van der Waals surface area contributed by atoms with Crippen LogP contribution < -0.4 is 0 Å². The van der Waals surface area contributed by atoms with Crippen molar-refractivity contribution in [2.75, 3.05) is 0 Å². The molecule has 1 aliphatic rings. The van der Waals surface area contributed by atoms with Crippen molar-refractivity contribution in [2.24, 2.45) is 17.8 Å². The predicted molar refractivity (Wildman–Crippen MR) is 80.0 cm³/mol. The molecule has 0 bridgehead atoms. The van der Waals surface area contributed by atoms with E-state index in [9.17, 15) is 0 Å². The van der Waals surface area contributed by atoms with Crippen LogP contribution in [0.3, 0.4) is 0 Å². The molecule has 0 amide bonds. The predicted octanol–water partition coefficient (Wildman–Crippen LogP) is 5.48. The van der Waals surface area contributed by atoms with E-state index < -0.39 is 0 Å². The third-order valence-corrected chi connectivity index (χ3v) is 5.40. The van der Waals surface area contributed by atoms with Crippen molar-refractivity contribution >= 4 is 0 Å². The van der Waals surface area contributed by atoms with Crippen LogP contribution in [0.2, 0.25) is 0 Å². The zero-order chi connectivity index (χ0) is 13.3. The Morgan fingerprint density at radius 2 is 1.89 bits per heavy atom. The van der Waals surface area contributed by atoms with E-state index in [1.165, 1.54) is 30.4 Å². The zero-order valence-electron chi connectivity index (χ0n) is 12.7. The van der Waals surface area contributed by atoms with E-state index in [0.717, 1.165) is 23.7 Å². The van der Waals surface area contributed by atoms with Gasteiger partial charge >= 0.3 is 0 Å². The van der Waals surface area contributed by atoms with Crippen LogP contribution in [0.4, 0.5) is 0 Å². The SMILES string of the molecule is CCC(CC1CC(C)C1C)c1ccc(C)c(C)c1. The third kappa shape index (κ3) is 2.63. The Labute approximate surface area is 113 Å². The molecule has 0 spiro atoms. The molecule has 0 saturated heterocycles. The van der Waals surface area contributed by atoms with E-state index in [2.05, 4.69) is 52.8 Å². The minimum atomic E-state index is 0.768. The second-order valence-electron chi connectivity index (χ2n) is 6.52. The summed E-state index contributed by atoms with van der Waals surface area (Å²) in [7, 11) is 0. The van der Waals surface area contributed by atoms with Gasteiger partial charge in [0.1, 0.15) is 0 Å². The van der Waals surface area contributed by atoms with Crippen molar-refractivity contribution in [1.29, 1.82) is 0 Å². The summed E-state index contributed by atoms with van der Waals surface area (Å²) in [6.07, 6.45) is 4.12. The van der Waals surface area contributed by atoms with Gasteiger partial charge in [-0.2, -0.15) is 0 Å². The molecule has 0 heteroatoms. The molecule has 18 heavy (non-hydrogen) atoms. The first-order chi connectivity index (χ1) is 8.52. The highest BCUT2D eigenvalue weighted by Crippen LogP contribution is 2.45. The standard InChI is InChI=1S/C18H28/c1-6-16(11-18-10-14(4)15(18)5)17-8-7-12(2)13(3)9-17/h7-9,14-16,18H,6,10-11H2,1-5H3. The summed E-state index contributed by atoms with van der Waals surface area (Å²) < 4.78 is 0. The first-order valence-electron chi connectivity index (χ1n) is 7.60. The lowest BCUT2D eigenvalue weighted by Gasteiger charge is -2.42. The highest BCUT2D eigenvalue weighted by molar-refractivity contribution is 5.32. The molecule has 2 rings (SSSR count). The van der Waals surface area contributed by atoms with Gasteiger partial charge in [0, 0.05) is 0 Å². The lowest BCUT2D eigenvalue weighted by molar-refractivity contribution is 0.0875. The molecule has 0 aliphatic heterocycles. The van der Waals surface area contributed by atoms with Crippen LogP contribution in [0.15, 0.2) is 18.2 Å².